The molecule has 0 aliphatic carbocycles. The minimum absolute atomic E-state index is 0.695. The second kappa shape index (κ2) is 4.85. The van der Waals surface area contributed by atoms with E-state index in [-0.39, 0.29) is 0 Å². The van der Waals surface area contributed by atoms with Crippen molar-refractivity contribution in [1.82, 2.24) is 20.1 Å². The smallest absolute Gasteiger partial charge is 0.120 e. The van der Waals surface area contributed by atoms with Gasteiger partial charge in [-0.05, 0) is 24.6 Å². The van der Waals surface area contributed by atoms with E-state index < -0.39 is 0 Å². The summed E-state index contributed by atoms with van der Waals surface area (Å²) in [6, 6.07) is 6.04. The standard InChI is InChI=1S/C12H15N5/c1-9-10(5-12(6-13)17(9)2)7-14-8-11-3-4-15-16-11/h3-5,14H,7-8H2,1-2H3,(H,15,16). The van der Waals surface area contributed by atoms with E-state index in [1.165, 1.54) is 0 Å². The largest absolute Gasteiger partial charge is 0.340 e. The number of aromatic nitrogens is 3. The molecular formula is C12H15N5. The molecule has 0 fully saturated rings. The number of nitrogens with one attached hydrogen (secondary N) is 2. The van der Waals surface area contributed by atoms with E-state index in [4.69, 9.17) is 5.26 Å². The van der Waals surface area contributed by atoms with Gasteiger partial charge in [0, 0.05) is 37.7 Å². The summed E-state index contributed by atoms with van der Waals surface area (Å²) in [5, 5.41) is 19.0. The van der Waals surface area contributed by atoms with Crippen molar-refractivity contribution in [2.24, 2.45) is 7.05 Å². The fraction of sp³-hybridized carbons (Fsp3) is 0.333. The Hall–Kier alpha value is -2.06. The fourth-order valence-corrected chi connectivity index (χ4v) is 1.76. The third-order valence-corrected chi connectivity index (χ3v) is 2.94. The minimum Gasteiger partial charge on any atom is -0.340 e. The van der Waals surface area contributed by atoms with E-state index >= 15 is 0 Å². The van der Waals surface area contributed by atoms with E-state index in [2.05, 4.69) is 21.6 Å². The molecule has 0 aliphatic rings. The number of hydrogen-bond acceptors (Lipinski definition) is 3. The first kappa shape index (κ1) is 11.4. The highest BCUT2D eigenvalue weighted by atomic mass is 15.1. The van der Waals surface area contributed by atoms with Gasteiger partial charge in [-0.3, -0.25) is 5.10 Å². The average molecular weight is 229 g/mol. The van der Waals surface area contributed by atoms with Gasteiger partial charge in [-0.2, -0.15) is 10.4 Å². The van der Waals surface area contributed by atoms with Crippen LogP contribution in [0.4, 0.5) is 0 Å². The monoisotopic (exact) mass is 229 g/mol. The minimum atomic E-state index is 0.695. The summed E-state index contributed by atoms with van der Waals surface area (Å²) in [4.78, 5) is 0. The maximum atomic E-state index is 8.93. The van der Waals surface area contributed by atoms with Crippen molar-refractivity contribution in [3.8, 4) is 6.07 Å². The van der Waals surface area contributed by atoms with E-state index in [0.717, 1.165) is 30.0 Å². The highest BCUT2D eigenvalue weighted by Crippen LogP contribution is 2.13. The topological polar surface area (TPSA) is 69.4 Å². The lowest BCUT2D eigenvalue weighted by atomic mass is 10.2. The van der Waals surface area contributed by atoms with Crippen LogP contribution in [0.3, 0.4) is 0 Å². The fourth-order valence-electron chi connectivity index (χ4n) is 1.76. The Morgan fingerprint density at radius 3 is 2.94 bits per heavy atom. The number of hydrogen-bond donors (Lipinski definition) is 2. The Morgan fingerprint density at radius 1 is 1.53 bits per heavy atom. The normalized spacial score (nSPS) is 10.4. The van der Waals surface area contributed by atoms with E-state index in [0.29, 0.717) is 5.69 Å². The Kier molecular flexibility index (Phi) is 3.26. The predicted molar refractivity (Wildman–Crippen MR) is 64.0 cm³/mol. The number of nitrogens with zero attached hydrogens (tertiary/aromatic N) is 3. The molecule has 0 spiro atoms. The highest BCUT2D eigenvalue weighted by molar-refractivity contribution is 5.34. The Bertz CT molecular complexity index is 530. The second-order valence-electron chi connectivity index (χ2n) is 4.00. The summed E-state index contributed by atoms with van der Waals surface area (Å²) >= 11 is 0. The first-order valence-electron chi connectivity index (χ1n) is 5.46. The highest BCUT2D eigenvalue weighted by Gasteiger charge is 2.07. The summed E-state index contributed by atoms with van der Waals surface area (Å²) in [6.07, 6.45) is 1.73. The van der Waals surface area contributed by atoms with Crippen LogP contribution in [0.2, 0.25) is 0 Å². The van der Waals surface area contributed by atoms with Gasteiger partial charge >= 0.3 is 0 Å². The third kappa shape index (κ3) is 2.37. The quantitative estimate of drug-likeness (QED) is 0.828. The third-order valence-electron chi connectivity index (χ3n) is 2.94. The van der Waals surface area contributed by atoms with Crippen molar-refractivity contribution in [3.05, 3.63) is 41.0 Å². The van der Waals surface area contributed by atoms with Crippen LogP contribution in [0, 0.1) is 18.3 Å². The van der Waals surface area contributed by atoms with Gasteiger partial charge in [0.25, 0.3) is 0 Å². The molecule has 5 heteroatoms. The molecule has 2 aromatic heterocycles. The summed E-state index contributed by atoms with van der Waals surface area (Å²) in [5.74, 6) is 0. The number of H-pyrrole nitrogens is 1. The molecule has 88 valence electrons. The molecule has 0 unspecified atom stereocenters. The van der Waals surface area contributed by atoms with E-state index in [1.807, 2.05) is 30.7 Å². The molecule has 0 aliphatic heterocycles. The summed E-state index contributed by atoms with van der Waals surface area (Å²) in [6.45, 7) is 3.52. The van der Waals surface area contributed by atoms with Crippen LogP contribution >= 0.6 is 0 Å². The molecule has 0 saturated carbocycles. The molecule has 0 radical (unpaired) electrons. The van der Waals surface area contributed by atoms with Gasteiger partial charge in [0.2, 0.25) is 0 Å². The molecule has 5 nitrogen and oxygen atoms in total. The van der Waals surface area contributed by atoms with Crippen molar-refractivity contribution in [1.29, 1.82) is 5.26 Å². The Labute approximate surface area is 100 Å². The molecule has 2 heterocycles. The van der Waals surface area contributed by atoms with Gasteiger partial charge in [0.1, 0.15) is 11.8 Å². The maximum Gasteiger partial charge on any atom is 0.120 e. The van der Waals surface area contributed by atoms with Crippen LogP contribution < -0.4 is 5.32 Å². The average Bonchev–Trinajstić information content (AvgIpc) is 2.92. The summed E-state index contributed by atoms with van der Waals surface area (Å²) < 4.78 is 1.91. The SMILES string of the molecule is Cc1c(CNCc2ccn[nH]2)cc(C#N)n1C. The molecule has 0 bridgehead atoms. The lowest BCUT2D eigenvalue weighted by Gasteiger charge is -2.03. The maximum absolute atomic E-state index is 8.93. The van der Waals surface area contributed by atoms with Gasteiger partial charge in [0.15, 0.2) is 0 Å². The molecule has 2 N–H and O–H groups in total. The number of rotatable bonds is 4. The molecule has 0 aromatic carbocycles. The van der Waals surface area contributed by atoms with Crippen LogP contribution in [0.1, 0.15) is 22.6 Å². The van der Waals surface area contributed by atoms with Crippen LogP contribution in [0.25, 0.3) is 0 Å². The van der Waals surface area contributed by atoms with Crippen molar-refractivity contribution in [2.45, 2.75) is 20.0 Å². The van der Waals surface area contributed by atoms with Crippen LogP contribution in [0.15, 0.2) is 18.3 Å². The first-order valence-corrected chi connectivity index (χ1v) is 5.46. The molecule has 2 aromatic rings. The van der Waals surface area contributed by atoms with Gasteiger partial charge in [-0.1, -0.05) is 0 Å². The summed E-state index contributed by atoms with van der Waals surface area (Å²) in [5.41, 5.74) is 4.03. The molecule has 0 amide bonds. The zero-order chi connectivity index (χ0) is 12.3. The molecular weight excluding hydrogens is 214 g/mol. The number of nitriles is 1. The molecule has 17 heavy (non-hydrogen) atoms. The van der Waals surface area contributed by atoms with E-state index in [9.17, 15) is 0 Å². The van der Waals surface area contributed by atoms with Gasteiger partial charge in [-0.15, -0.1) is 0 Å². The van der Waals surface area contributed by atoms with Crippen molar-refractivity contribution < 1.29 is 0 Å². The zero-order valence-corrected chi connectivity index (χ0v) is 9.99. The van der Waals surface area contributed by atoms with Gasteiger partial charge < -0.3 is 9.88 Å². The zero-order valence-electron chi connectivity index (χ0n) is 9.99. The summed E-state index contributed by atoms with van der Waals surface area (Å²) in [7, 11) is 1.91. The predicted octanol–water partition coefficient (Wildman–Crippen LogP) is 1.22. The van der Waals surface area contributed by atoms with Crippen molar-refractivity contribution in [3.63, 3.8) is 0 Å². The van der Waals surface area contributed by atoms with Crippen LogP contribution in [-0.4, -0.2) is 14.8 Å². The molecule has 0 saturated heterocycles. The van der Waals surface area contributed by atoms with Gasteiger partial charge in [0.05, 0.1) is 0 Å². The first-order chi connectivity index (χ1) is 8.22. The molecule has 0 atom stereocenters. The Balaban J connectivity index is 1.98. The van der Waals surface area contributed by atoms with E-state index in [1.54, 1.807) is 6.20 Å². The Morgan fingerprint density at radius 2 is 2.35 bits per heavy atom. The van der Waals surface area contributed by atoms with Crippen molar-refractivity contribution >= 4 is 0 Å². The van der Waals surface area contributed by atoms with Gasteiger partial charge in [-0.25, -0.2) is 0 Å². The second-order valence-corrected chi connectivity index (χ2v) is 4.00. The van der Waals surface area contributed by atoms with Crippen LogP contribution in [-0.2, 0) is 20.1 Å². The lowest BCUT2D eigenvalue weighted by Crippen LogP contribution is -2.13. The number of aromatic amines is 1. The lowest BCUT2D eigenvalue weighted by molar-refractivity contribution is 0.672. The van der Waals surface area contributed by atoms with Crippen LogP contribution in [0.5, 0.6) is 0 Å². The molecule has 2 rings (SSSR count). The van der Waals surface area contributed by atoms with Crippen molar-refractivity contribution in [2.75, 3.05) is 0 Å².